The van der Waals surface area contributed by atoms with Crippen LogP contribution in [0.4, 0.5) is 5.88 Å². The molecule has 0 spiro atoms. The van der Waals surface area contributed by atoms with Gasteiger partial charge in [0.1, 0.15) is 11.2 Å². The summed E-state index contributed by atoms with van der Waals surface area (Å²) in [7, 11) is -3.80. The first-order valence-corrected chi connectivity index (χ1v) is 8.81. The van der Waals surface area contributed by atoms with Crippen LogP contribution in [0.5, 0.6) is 0 Å². The molecule has 0 aliphatic heterocycles. The average molecular weight is 342 g/mol. The molecule has 2 heterocycles. The predicted octanol–water partition coefficient (Wildman–Crippen LogP) is 3.99. The van der Waals surface area contributed by atoms with Crippen LogP contribution < -0.4 is 4.72 Å². The van der Waals surface area contributed by atoms with E-state index in [1.807, 2.05) is 24.3 Å². The highest BCUT2D eigenvalue weighted by atomic mass is 32.2. The SMILES string of the molecule is Cc1noc(NS(=O)(=O)c2ccc3c(c2)oc2ccccc23)c1C. The number of aryl methyl sites for hydroxylation is 1. The van der Waals surface area contributed by atoms with Gasteiger partial charge in [0.15, 0.2) is 0 Å². The van der Waals surface area contributed by atoms with Crippen molar-refractivity contribution in [3.8, 4) is 0 Å². The van der Waals surface area contributed by atoms with E-state index in [-0.39, 0.29) is 10.8 Å². The standard InChI is InChI=1S/C17H14N2O4S/c1-10-11(2)18-23-17(10)19-24(20,21)12-7-8-14-13-5-3-4-6-15(13)22-16(14)9-12/h3-9,19H,1-2H3. The number of nitrogens with one attached hydrogen (secondary N) is 1. The van der Waals surface area contributed by atoms with Crippen LogP contribution in [0.2, 0.25) is 0 Å². The van der Waals surface area contributed by atoms with E-state index in [2.05, 4.69) is 9.88 Å². The van der Waals surface area contributed by atoms with Crippen LogP contribution in [0.15, 0.2) is 56.3 Å². The van der Waals surface area contributed by atoms with Gasteiger partial charge in [-0.15, -0.1) is 0 Å². The van der Waals surface area contributed by atoms with Gasteiger partial charge in [0.2, 0.25) is 5.88 Å². The molecule has 1 N–H and O–H groups in total. The van der Waals surface area contributed by atoms with Crippen molar-refractivity contribution in [2.45, 2.75) is 18.7 Å². The molecule has 0 fully saturated rings. The molecule has 2 aromatic heterocycles. The Bertz CT molecular complexity index is 1170. The molecule has 6 nitrogen and oxygen atoms in total. The number of benzene rings is 2. The lowest BCUT2D eigenvalue weighted by Crippen LogP contribution is -2.13. The number of anilines is 1. The van der Waals surface area contributed by atoms with Crippen LogP contribution in [-0.2, 0) is 10.0 Å². The number of hydrogen-bond acceptors (Lipinski definition) is 5. The molecule has 4 aromatic rings. The molecule has 122 valence electrons. The molecule has 0 amide bonds. The molecule has 4 rings (SSSR count). The molecular weight excluding hydrogens is 328 g/mol. The van der Waals surface area contributed by atoms with Crippen LogP contribution in [0, 0.1) is 13.8 Å². The van der Waals surface area contributed by atoms with Gasteiger partial charge in [-0.2, -0.15) is 0 Å². The third-order valence-corrected chi connectivity index (χ3v) is 5.37. The van der Waals surface area contributed by atoms with E-state index in [9.17, 15) is 8.42 Å². The van der Waals surface area contributed by atoms with Crippen molar-refractivity contribution >= 4 is 37.8 Å². The maximum atomic E-state index is 12.6. The maximum Gasteiger partial charge on any atom is 0.264 e. The van der Waals surface area contributed by atoms with Gasteiger partial charge in [0.05, 0.1) is 10.6 Å². The minimum atomic E-state index is -3.80. The van der Waals surface area contributed by atoms with Gasteiger partial charge in [-0.1, -0.05) is 23.4 Å². The van der Waals surface area contributed by atoms with Crippen molar-refractivity contribution in [2.75, 3.05) is 4.72 Å². The molecule has 0 aliphatic rings. The number of para-hydroxylation sites is 1. The third-order valence-electron chi connectivity index (χ3n) is 4.04. The third kappa shape index (κ3) is 2.25. The van der Waals surface area contributed by atoms with Crippen molar-refractivity contribution in [2.24, 2.45) is 0 Å². The zero-order valence-electron chi connectivity index (χ0n) is 13.0. The van der Waals surface area contributed by atoms with Crippen molar-refractivity contribution < 1.29 is 17.4 Å². The summed E-state index contributed by atoms with van der Waals surface area (Å²) < 4.78 is 38.3. The van der Waals surface area contributed by atoms with Gasteiger partial charge in [0.25, 0.3) is 10.0 Å². The average Bonchev–Trinajstić information content (AvgIpc) is 3.09. The molecule has 24 heavy (non-hydrogen) atoms. The van der Waals surface area contributed by atoms with E-state index < -0.39 is 10.0 Å². The second-order valence-electron chi connectivity index (χ2n) is 5.58. The number of sulfonamides is 1. The lowest BCUT2D eigenvalue weighted by Gasteiger charge is -2.05. The monoisotopic (exact) mass is 342 g/mol. The topological polar surface area (TPSA) is 85.3 Å². The zero-order chi connectivity index (χ0) is 16.9. The smallest absolute Gasteiger partial charge is 0.264 e. The summed E-state index contributed by atoms with van der Waals surface area (Å²) in [5.74, 6) is 0.122. The van der Waals surface area contributed by atoms with E-state index in [1.165, 1.54) is 6.07 Å². The summed E-state index contributed by atoms with van der Waals surface area (Å²) in [6, 6.07) is 12.4. The number of aromatic nitrogens is 1. The van der Waals surface area contributed by atoms with Crippen molar-refractivity contribution in [3.63, 3.8) is 0 Å². The highest BCUT2D eigenvalue weighted by Crippen LogP contribution is 2.31. The summed E-state index contributed by atoms with van der Waals surface area (Å²) in [6.45, 7) is 3.49. The molecule has 0 saturated carbocycles. The number of hydrogen-bond donors (Lipinski definition) is 1. The lowest BCUT2D eigenvalue weighted by molar-refractivity contribution is 0.430. The van der Waals surface area contributed by atoms with Gasteiger partial charge in [-0.3, -0.25) is 0 Å². The van der Waals surface area contributed by atoms with Crippen LogP contribution >= 0.6 is 0 Å². The maximum absolute atomic E-state index is 12.6. The number of furan rings is 1. The zero-order valence-corrected chi connectivity index (χ0v) is 13.8. The van der Waals surface area contributed by atoms with Gasteiger partial charge < -0.3 is 8.94 Å². The second kappa shape index (κ2) is 5.10. The van der Waals surface area contributed by atoms with E-state index in [1.54, 1.807) is 26.0 Å². The highest BCUT2D eigenvalue weighted by molar-refractivity contribution is 7.92. The summed E-state index contributed by atoms with van der Waals surface area (Å²) >= 11 is 0. The van der Waals surface area contributed by atoms with Gasteiger partial charge >= 0.3 is 0 Å². The van der Waals surface area contributed by atoms with Gasteiger partial charge in [-0.25, -0.2) is 13.1 Å². The van der Waals surface area contributed by atoms with Gasteiger partial charge in [-0.05, 0) is 32.0 Å². The lowest BCUT2D eigenvalue weighted by atomic mass is 10.2. The Morgan fingerprint density at radius 3 is 2.50 bits per heavy atom. The minimum Gasteiger partial charge on any atom is -0.456 e. The van der Waals surface area contributed by atoms with E-state index in [0.717, 1.165) is 16.4 Å². The van der Waals surface area contributed by atoms with E-state index >= 15 is 0 Å². The first kappa shape index (κ1) is 14.8. The fourth-order valence-corrected chi connectivity index (χ4v) is 3.63. The summed E-state index contributed by atoms with van der Waals surface area (Å²) in [5, 5.41) is 5.57. The van der Waals surface area contributed by atoms with E-state index in [4.69, 9.17) is 8.94 Å². The number of rotatable bonds is 3. The first-order valence-electron chi connectivity index (χ1n) is 7.33. The van der Waals surface area contributed by atoms with E-state index in [0.29, 0.717) is 16.8 Å². The molecular formula is C17H14N2O4S. The molecule has 0 radical (unpaired) electrons. The summed E-state index contributed by atoms with van der Waals surface area (Å²) in [6.07, 6.45) is 0. The number of fused-ring (bicyclic) bond motifs is 3. The normalized spacial score (nSPS) is 12.1. The molecule has 2 aromatic carbocycles. The molecule has 0 saturated heterocycles. The number of nitrogens with zero attached hydrogens (tertiary/aromatic N) is 1. The van der Waals surface area contributed by atoms with Crippen LogP contribution in [-0.4, -0.2) is 13.6 Å². The van der Waals surface area contributed by atoms with Gasteiger partial charge in [0, 0.05) is 22.4 Å². The Morgan fingerprint density at radius 1 is 1.00 bits per heavy atom. The minimum absolute atomic E-state index is 0.0995. The molecule has 7 heteroatoms. The van der Waals surface area contributed by atoms with Crippen LogP contribution in [0.1, 0.15) is 11.3 Å². The Balaban J connectivity index is 1.80. The largest absolute Gasteiger partial charge is 0.456 e. The first-order chi connectivity index (χ1) is 11.5. The Hall–Kier alpha value is -2.80. The molecule has 0 unspecified atom stereocenters. The molecule has 0 bridgehead atoms. The second-order valence-corrected chi connectivity index (χ2v) is 7.27. The fraction of sp³-hybridized carbons (Fsp3) is 0.118. The molecule has 0 atom stereocenters. The predicted molar refractivity (Wildman–Crippen MR) is 90.5 cm³/mol. The fourth-order valence-electron chi connectivity index (χ4n) is 2.56. The highest BCUT2D eigenvalue weighted by Gasteiger charge is 2.20. The molecule has 0 aliphatic carbocycles. The van der Waals surface area contributed by atoms with Crippen molar-refractivity contribution in [1.82, 2.24) is 5.16 Å². The Kier molecular flexibility index (Phi) is 3.14. The Labute approximate surface area is 138 Å². The van der Waals surface area contributed by atoms with Crippen LogP contribution in [0.25, 0.3) is 21.9 Å². The van der Waals surface area contributed by atoms with Crippen LogP contribution in [0.3, 0.4) is 0 Å². The Morgan fingerprint density at radius 2 is 1.75 bits per heavy atom. The van der Waals surface area contributed by atoms with Crippen molar-refractivity contribution in [3.05, 3.63) is 53.7 Å². The summed E-state index contributed by atoms with van der Waals surface area (Å²) in [4.78, 5) is 0.0995. The quantitative estimate of drug-likeness (QED) is 0.608. The summed E-state index contributed by atoms with van der Waals surface area (Å²) in [5.41, 5.74) is 2.53. The van der Waals surface area contributed by atoms with Crippen molar-refractivity contribution in [1.29, 1.82) is 0 Å².